The maximum atomic E-state index is 12.0. The average molecular weight is 276 g/mol. The van der Waals surface area contributed by atoms with Gasteiger partial charge in [0.25, 0.3) is 0 Å². The smallest absolute Gasteiger partial charge is 0.0585 e. The van der Waals surface area contributed by atoms with Crippen molar-refractivity contribution in [3.63, 3.8) is 0 Å². The zero-order valence-electron chi connectivity index (χ0n) is 8.24. The second-order valence-corrected chi connectivity index (χ2v) is 5.92. The summed E-state index contributed by atoms with van der Waals surface area (Å²) in [5.41, 5.74) is 5.72. The highest BCUT2D eigenvalue weighted by molar-refractivity contribution is 9.10. The van der Waals surface area contributed by atoms with Gasteiger partial charge in [0.05, 0.1) is 20.9 Å². The van der Waals surface area contributed by atoms with E-state index >= 15 is 0 Å². The van der Waals surface area contributed by atoms with Crippen LogP contribution < -0.4 is 5.73 Å². The summed E-state index contributed by atoms with van der Waals surface area (Å²) in [6, 6.07) is 7.47. The molecule has 0 saturated heterocycles. The van der Waals surface area contributed by atoms with E-state index in [1.165, 1.54) is 0 Å². The van der Waals surface area contributed by atoms with Crippen molar-refractivity contribution in [3.05, 3.63) is 28.7 Å². The summed E-state index contributed by atoms with van der Waals surface area (Å²) in [6.45, 7) is 3.78. The molecule has 0 heterocycles. The minimum atomic E-state index is -1.04. The monoisotopic (exact) mass is 275 g/mol. The summed E-state index contributed by atoms with van der Waals surface area (Å²) in [5, 5.41) is -0.0336. The van der Waals surface area contributed by atoms with E-state index in [-0.39, 0.29) is 11.3 Å². The number of halogens is 1. The predicted octanol–water partition coefficient (Wildman–Crippen LogP) is 2.29. The fourth-order valence-electron chi connectivity index (χ4n) is 1.00. The summed E-state index contributed by atoms with van der Waals surface area (Å²) < 4.78 is 12.9. The molecule has 3 unspecified atom stereocenters. The van der Waals surface area contributed by atoms with Crippen molar-refractivity contribution >= 4 is 26.7 Å². The van der Waals surface area contributed by atoms with Crippen LogP contribution in [0.1, 0.15) is 13.8 Å². The van der Waals surface area contributed by atoms with Crippen LogP contribution >= 0.6 is 15.9 Å². The van der Waals surface area contributed by atoms with Gasteiger partial charge in [-0.2, -0.15) is 0 Å². The Morgan fingerprint density at radius 3 is 2.43 bits per heavy atom. The molecule has 2 nitrogen and oxygen atoms in total. The van der Waals surface area contributed by atoms with Crippen LogP contribution in [0.15, 0.2) is 33.6 Å². The van der Waals surface area contributed by atoms with Crippen molar-refractivity contribution in [2.75, 3.05) is 0 Å². The summed E-state index contributed by atoms with van der Waals surface area (Å²) in [7, 11) is -1.04. The van der Waals surface area contributed by atoms with Crippen molar-refractivity contribution in [3.8, 4) is 0 Å². The zero-order chi connectivity index (χ0) is 10.7. The van der Waals surface area contributed by atoms with Crippen molar-refractivity contribution in [1.82, 2.24) is 0 Å². The molecule has 0 bridgehead atoms. The topological polar surface area (TPSA) is 43.1 Å². The third kappa shape index (κ3) is 2.65. The molecule has 0 aliphatic carbocycles. The Hall–Kier alpha value is -0.190. The van der Waals surface area contributed by atoms with Gasteiger partial charge in [0.15, 0.2) is 0 Å². The van der Waals surface area contributed by atoms with Crippen LogP contribution in [0.5, 0.6) is 0 Å². The van der Waals surface area contributed by atoms with Gasteiger partial charge in [0.1, 0.15) is 0 Å². The zero-order valence-corrected chi connectivity index (χ0v) is 10.6. The molecule has 0 aliphatic rings. The van der Waals surface area contributed by atoms with Crippen LogP contribution in [-0.2, 0) is 10.8 Å². The lowest BCUT2D eigenvalue weighted by Gasteiger charge is -2.15. The third-order valence-corrected chi connectivity index (χ3v) is 4.98. The van der Waals surface area contributed by atoms with Gasteiger partial charge in [-0.05, 0) is 41.9 Å². The van der Waals surface area contributed by atoms with E-state index in [1.54, 1.807) is 0 Å². The Balaban J connectivity index is 2.95. The summed E-state index contributed by atoms with van der Waals surface area (Å²) >= 11 is 3.38. The molecule has 0 aromatic heterocycles. The first kappa shape index (κ1) is 11.9. The fourth-order valence-corrected chi connectivity index (χ4v) is 3.03. The Bertz CT molecular complexity index is 341. The van der Waals surface area contributed by atoms with E-state index in [0.29, 0.717) is 0 Å². The molecule has 14 heavy (non-hydrogen) atoms. The SMILES string of the molecule is CC(N)C(C)S(=O)c1ccccc1Br. The van der Waals surface area contributed by atoms with Gasteiger partial charge in [-0.15, -0.1) is 0 Å². The lowest BCUT2D eigenvalue weighted by Crippen LogP contribution is -2.32. The maximum absolute atomic E-state index is 12.0. The maximum Gasteiger partial charge on any atom is 0.0585 e. The van der Waals surface area contributed by atoms with Crippen LogP contribution in [0.3, 0.4) is 0 Å². The highest BCUT2D eigenvalue weighted by atomic mass is 79.9. The van der Waals surface area contributed by atoms with Gasteiger partial charge >= 0.3 is 0 Å². The van der Waals surface area contributed by atoms with Crippen molar-refractivity contribution in [2.45, 2.75) is 30.0 Å². The van der Waals surface area contributed by atoms with Crippen LogP contribution in [0.25, 0.3) is 0 Å². The highest BCUT2D eigenvalue weighted by Gasteiger charge is 2.18. The van der Waals surface area contributed by atoms with Crippen molar-refractivity contribution in [1.29, 1.82) is 0 Å². The van der Waals surface area contributed by atoms with E-state index in [1.807, 2.05) is 38.1 Å². The minimum Gasteiger partial charge on any atom is -0.327 e. The summed E-state index contributed by atoms with van der Waals surface area (Å²) in [5.74, 6) is 0. The number of hydrogen-bond acceptors (Lipinski definition) is 2. The largest absolute Gasteiger partial charge is 0.327 e. The Morgan fingerprint density at radius 2 is 1.93 bits per heavy atom. The van der Waals surface area contributed by atoms with Gasteiger partial charge < -0.3 is 5.73 Å². The van der Waals surface area contributed by atoms with Gasteiger partial charge in [-0.3, -0.25) is 4.21 Å². The lowest BCUT2D eigenvalue weighted by molar-refractivity contribution is 0.649. The molecule has 0 amide bonds. The van der Waals surface area contributed by atoms with Gasteiger partial charge in [0.2, 0.25) is 0 Å². The van der Waals surface area contributed by atoms with Crippen LogP contribution in [0, 0.1) is 0 Å². The number of rotatable bonds is 3. The van der Waals surface area contributed by atoms with Crippen LogP contribution in [0.2, 0.25) is 0 Å². The molecule has 2 N–H and O–H groups in total. The average Bonchev–Trinajstić information content (AvgIpc) is 2.16. The Labute approximate surface area is 95.5 Å². The highest BCUT2D eigenvalue weighted by Crippen LogP contribution is 2.22. The van der Waals surface area contributed by atoms with Gasteiger partial charge in [0, 0.05) is 10.5 Å². The summed E-state index contributed by atoms with van der Waals surface area (Å²) in [6.07, 6.45) is 0. The van der Waals surface area contributed by atoms with Gasteiger partial charge in [-0.1, -0.05) is 12.1 Å². The molecule has 0 spiro atoms. The fraction of sp³-hybridized carbons (Fsp3) is 0.400. The van der Waals surface area contributed by atoms with E-state index in [4.69, 9.17) is 5.73 Å². The van der Waals surface area contributed by atoms with Crippen LogP contribution in [0.4, 0.5) is 0 Å². The van der Waals surface area contributed by atoms with E-state index in [9.17, 15) is 4.21 Å². The molecular formula is C10H14BrNOS. The van der Waals surface area contributed by atoms with Crippen molar-refractivity contribution < 1.29 is 4.21 Å². The lowest BCUT2D eigenvalue weighted by atomic mass is 10.3. The summed E-state index contributed by atoms with van der Waals surface area (Å²) in [4.78, 5) is 0.817. The molecule has 0 saturated carbocycles. The van der Waals surface area contributed by atoms with Gasteiger partial charge in [-0.25, -0.2) is 0 Å². The first-order chi connectivity index (χ1) is 6.54. The predicted molar refractivity (Wildman–Crippen MR) is 63.7 cm³/mol. The Kier molecular flexibility index (Phi) is 4.29. The molecule has 0 radical (unpaired) electrons. The molecule has 4 heteroatoms. The molecule has 0 fully saturated rings. The molecule has 78 valence electrons. The molecule has 1 aromatic carbocycles. The second kappa shape index (κ2) is 5.05. The standard InChI is InChI=1S/C10H14BrNOS/c1-7(12)8(2)14(13)10-6-4-3-5-9(10)11/h3-8H,12H2,1-2H3. The quantitative estimate of drug-likeness (QED) is 0.920. The number of hydrogen-bond donors (Lipinski definition) is 1. The third-order valence-electron chi connectivity index (χ3n) is 2.13. The van der Waals surface area contributed by atoms with E-state index in [0.717, 1.165) is 9.37 Å². The second-order valence-electron chi connectivity index (χ2n) is 3.29. The van der Waals surface area contributed by atoms with E-state index < -0.39 is 10.8 Å². The molecule has 0 aliphatic heterocycles. The minimum absolute atomic E-state index is 0.0336. The molecule has 1 aromatic rings. The Morgan fingerprint density at radius 1 is 1.36 bits per heavy atom. The van der Waals surface area contributed by atoms with Crippen molar-refractivity contribution in [2.24, 2.45) is 5.73 Å². The van der Waals surface area contributed by atoms with Crippen LogP contribution in [-0.4, -0.2) is 15.5 Å². The number of benzene rings is 1. The number of nitrogens with two attached hydrogens (primary N) is 1. The first-order valence-corrected chi connectivity index (χ1v) is 6.45. The molecular weight excluding hydrogens is 262 g/mol. The normalized spacial score (nSPS) is 17.4. The van der Waals surface area contributed by atoms with E-state index in [2.05, 4.69) is 15.9 Å². The molecule has 1 rings (SSSR count). The molecule has 3 atom stereocenters. The first-order valence-electron chi connectivity index (χ1n) is 4.44.